The van der Waals surface area contributed by atoms with Crippen molar-refractivity contribution >= 4 is 23.4 Å². The number of carbonyl (C=O) groups excluding carboxylic acids is 2. The van der Waals surface area contributed by atoms with E-state index in [9.17, 15) is 9.59 Å². The van der Waals surface area contributed by atoms with Gasteiger partial charge >= 0.3 is 0 Å². The van der Waals surface area contributed by atoms with Crippen LogP contribution in [0.5, 0.6) is 0 Å². The van der Waals surface area contributed by atoms with Crippen molar-refractivity contribution in [1.82, 2.24) is 15.8 Å². The number of nitrogens with zero attached hydrogens (tertiary/aromatic N) is 1. The number of hydrogen-bond donors (Lipinski definition) is 3. The molecule has 4 rings (SSSR count). The van der Waals surface area contributed by atoms with Crippen molar-refractivity contribution in [2.45, 2.75) is 18.5 Å². The van der Waals surface area contributed by atoms with Crippen molar-refractivity contribution in [3.05, 3.63) is 46.6 Å². The molecule has 1 aliphatic carbocycles. The number of likely N-dealkylation sites (N-methyl/N-ethyl adjacent to an activating group) is 1. The van der Waals surface area contributed by atoms with Gasteiger partial charge in [0, 0.05) is 18.0 Å². The number of nitrogens with one attached hydrogen (secondary N) is 2. The standard InChI is InChI=1S/C19H23ClN4O3/c1-10(11-5-3-4-6-14(11)20)24-19(18(21)26,7-15(23-24)17(25)22-2)16-12-8-27-9-13(12)16/h3-7,10,12-13,16,23H,8-9H2,1-2H3,(H2,21,26)(H,22,25)/t10-,12-,13+,16?,19?/m0/s1. The van der Waals surface area contributed by atoms with E-state index in [-0.39, 0.29) is 29.7 Å². The van der Waals surface area contributed by atoms with E-state index in [1.54, 1.807) is 18.1 Å². The fourth-order valence-corrected chi connectivity index (χ4v) is 4.96. The number of hydrogen-bond acceptors (Lipinski definition) is 5. The van der Waals surface area contributed by atoms with E-state index in [4.69, 9.17) is 22.1 Å². The number of fused-ring (bicyclic) bond motifs is 1. The second-order valence-electron chi connectivity index (χ2n) is 7.40. The van der Waals surface area contributed by atoms with Crippen molar-refractivity contribution in [1.29, 1.82) is 0 Å². The summed E-state index contributed by atoms with van der Waals surface area (Å²) in [7, 11) is 1.55. The molecule has 2 heterocycles. The van der Waals surface area contributed by atoms with Crippen LogP contribution < -0.4 is 16.5 Å². The Morgan fingerprint density at radius 2 is 2.04 bits per heavy atom. The molecular formula is C19H23ClN4O3. The van der Waals surface area contributed by atoms with Crippen LogP contribution in [0.2, 0.25) is 5.02 Å². The predicted molar refractivity (Wildman–Crippen MR) is 100 cm³/mol. The molecule has 0 radical (unpaired) electrons. The average molecular weight is 391 g/mol. The van der Waals surface area contributed by atoms with Crippen LogP contribution in [0.4, 0.5) is 0 Å². The van der Waals surface area contributed by atoms with E-state index < -0.39 is 11.4 Å². The minimum atomic E-state index is -1.11. The van der Waals surface area contributed by atoms with E-state index >= 15 is 0 Å². The molecule has 2 amide bonds. The highest BCUT2D eigenvalue weighted by Crippen LogP contribution is 2.60. The number of rotatable bonds is 5. The maximum absolute atomic E-state index is 12.8. The van der Waals surface area contributed by atoms with Crippen molar-refractivity contribution < 1.29 is 14.3 Å². The van der Waals surface area contributed by atoms with Gasteiger partial charge in [0.15, 0.2) is 0 Å². The smallest absolute Gasteiger partial charge is 0.268 e. The summed E-state index contributed by atoms with van der Waals surface area (Å²) in [4.78, 5) is 25.1. The Kier molecular flexibility index (Phi) is 4.41. The number of carbonyl (C=O) groups is 2. The molecule has 1 saturated carbocycles. The van der Waals surface area contributed by atoms with Crippen LogP contribution in [0, 0.1) is 17.8 Å². The second kappa shape index (κ2) is 6.51. The lowest BCUT2D eigenvalue weighted by Crippen LogP contribution is -2.60. The van der Waals surface area contributed by atoms with E-state index in [2.05, 4.69) is 10.7 Å². The fraction of sp³-hybridized carbons (Fsp3) is 0.474. The van der Waals surface area contributed by atoms with Crippen molar-refractivity contribution in [2.24, 2.45) is 23.5 Å². The summed E-state index contributed by atoms with van der Waals surface area (Å²) in [6, 6.07) is 7.18. The number of ether oxygens (including phenoxy) is 1. The summed E-state index contributed by atoms with van der Waals surface area (Å²) >= 11 is 6.40. The van der Waals surface area contributed by atoms with Gasteiger partial charge in [-0.2, -0.15) is 5.01 Å². The highest BCUT2D eigenvalue weighted by atomic mass is 35.5. The number of benzene rings is 1. The lowest BCUT2D eigenvalue weighted by molar-refractivity contribution is -0.132. The molecule has 144 valence electrons. The molecule has 8 heteroatoms. The van der Waals surface area contributed by atoms with E-state index in [1.165, 1.54) is 0 Å². The topological polar surface area (TPSA) is 96.7 Å². The van der Waals surface area contributed by atoms with E-state index in [1.807, 2.05) is 31.2 Å². The zero-order chi connectivity index (χ0) is 19.3. The monoisotopic (exact) mass is 390 g/mol. The van der Waals surface area contributed by atoms with Crippen LogP contribution in [-0.4, -0.2) is 42.6 Å². The van der Waals surface area contributed by atoms with Gasteiger partial charge in [-0.05, 0) is 36.5 Å². The summed E-state index contributed by atoms with van der Waals surface area (Å²) in [5.41, 5.74) is 9.15. The molecule has 4 N–H and O–H groups in total. The molecule has 3 aliphatic rings. The van der Waals surface area contributed by atoms with Crippen LogP contribution in [0.3, 0.4) is 0 Å². The predicted octanol–water partition coefficient (Wildman–Crippen LogP) is 0.968. The second-order valence-corrected chi connectivity index (χ2v) is 7.80. The normalized spacial score (nSPS) is 33.0. The zero-order valence-corrected chi connectivity index (χ0v) is 16.0. The molecule has 1 saturated heterocycles. The summed E-state index contributed by atoms with van der Waals surface area (Å²) < 4.78 is 5.50. The minimum absolute atomic E-state index is 0.00310. The summed E-state index contributed by atoms with van der Waals surface area (Å²) in [6.45, 7) is 3.17. The lowest BCUT2D eigenvalue weighted by Gasteiger charge is -2.40. The van der Waals surface area contributed by atoms with Crippen LogP contribution >= 0.6 is 11.6 Å². The maximum atomic E-state index is 12.8. The molecule has 27 heavy (non-hydrogen) atoms. The summed E-state index contributed by atoms with van der Waals surface area (Å²) in [6.07, 6.45) is 1.69. The minimum Gasteiger partial charge on any atom is -0.381 e. The third-order valence-corrected chi connectivity index (χ3v) is 6.42. The lowest BCUT2D eigenvalue weighted by atomic mass is 9.87. The molecule has 0 aromatic heterocycles. The summed E-state index contributed by atoms with van der Waals surface area (Å²) in [5, 5.41) is 5.00. The third kappa shape index (κ3) is 2.64. The Balaban J connectivity index is 1.78. The maximum Gasteiger partial charge on any atom is 0.268 e. The molecule has 2 fully saturated rings. The number of halogens is 1. The number of hydrazine groups is 1. The van der Waals surface area contributed by atoms with Crippen LogP contribution in [-0.2, 0) is 14.3 Å². The van der Waals surface area contributed by atoms with Gasteiger partial charge in [0.2, 0.25) is 5.91 Å². The van der Waals surface area contributed by atoms with Gasteiger partial charge < -0.3 is 21.2 Å². The first-order valence-electron chi connectivity index (χ1n) is 9.04. The Hall–Kier alpha value is -2.09. The van der Waals surface area contributed by atoms with Gasteiger partial charge in [-0.25, -0.2) is 0 Å². The fourth-order valence-electron chi connectivity index (χ4n) is 4.67. The van der Waals surface area contributed by atoms with Gasteiger partial charge in [-0.15, -0.1) is 0 Å². The Morgan fingerprint density at radius 3 is 2.63 bits per heavy atom. The largest absolute Gasteiger partial charge is 0.381 e. The van der Waals surface area contributed by atoms with Gasteiger partial charge in [0.1, 0.15) is 11.2 Å². The first kappa shape index (κ1) is 18.3. The molecule has 5 atom stereocenters. The quantitative estimate of drug-likeness (QED) is 0.696. The van der Waals surface area contributed by atoms with Gasteiger partial charge in [-0.1, -0.05) is 29.8 Å². The highest BCUT2D eigenvalue weighted by molar-refractivity contribution is 6.31. The van der Waals surface area contributed by atoms with E-state index in [0.29, 0.717) is 23.9 Å². The molecule has 2 unspecified atom stereocenters. The molecule has 1 aromatic rings. The van der Waals surface area contributed by atoms with Crippen molar-refractivity contribution in [3.8, 4) is 0 Å². The number of primary amides is 1. The van der Waals surface area contributed by atoms with Crippen LogP contribution in [0.15, 0.2) is 36.0 Å². The molecule has 0 spiro atoms. The van der Waals surface area contributed by atoms with Gasteiger partial charge in [-0.3, -0.25) is 9.59 Å². The van der Waals surface area contributed by atoms with Crippen molar-refractivity contribution in [2.75, 3.05) is 20.3 Å². The SMILES string of the molecule is CNC(=O)C1=CC(C(N)=O)(C2[C@H]3COC[C@@H]23)N([C@@H](C)c2ccccc2Cl)N1. The van der Waals surface area contributed by atoms with Gasteiger partial charge in [0.25, 0.3) is 5.91 Å². The Morgan fingerprint density at radius 1 is 1.37 bits per heavy atom. The third-order valence-electron chi connectivity index (χ3n) is 6.07. The number of amides is 2. The molecule has 1 aromatic carbocycles. The molecular weight excluding hydrogens is 368 g/mol. The van der Waals surface area contributed by atoms with Crippen LogP contribution in [0.25, 0.3) is 0 Å². The Labute approximate surface area is 162 Å². The average Bonchev–Trinajstić information content (AvgIpc) is 3.02. The van der Waals surface area contributed by atoms with E-state index in [0.717, 1.165) is 5.56 Å². The number of nitrogens with two attached hydrogens (primary N) is 1. The molecule has 0 bridgehead atoms. The van der Waals surface area contributed by atoms with Crippen LogP contribution in [0.1, 0.15) is 18.5 Å². The van der Waals surface area contributed by atoms with Crippen molar-refractivity contribution in [3.63, 3.8) is 0 Å². The first-order valence-corrected chi connectivity index (χ1v) is 9.42. The van der Waals surface area contributed by atoms with Gasteiger partial charge in [0.05, 0.1) is 19.3 Å². The zero-order valence-electron chi connectivity index (χ0n) is 15.2. The first-order chi connectivity index (χ1) is 12.9. The highest BCUT2D eigenvalue weighted by Gasteiger charge is 2.69. The Bertz CT molecular complexity index is 819. The summed E-state index contributed by atoms with van der Waals surface area (Å²) in [5.74, 6) is -0.242. The molecule has 7 nitrogen and oxygen atoms in total. The molecule has 2 aliphatic heterocycles.